The summed E-state index contributed by atoms with van der Waals surface area (Å²) in [6, 6.07) is 11.7. The molecule has 0 spiro atoms. The number of esters is 2. The Kier molecular flexibility index (Phi) is 9.57. The zero-order chi connectivity index (χ0) is 27.0. The maximum Gasteiger partial charge on any atom is 0.335 e. The molecule has 0 aliphatic heterocycles. The zero-order valence-corrected chi connectivity index (χ0v) is 21.1. The zero-order valence-electron chi connectivity index (χ0n) is 21.1. The molecule has 0 amide bonds. The number of carbonyl (C=O) groups is 2. The van der Waals surface area contributed by atoms with Crippen LogP contribution in [0.3, 0.4) is 0 Å². The molecule has 1 rings (SSSR count). The van der Waals surface area contributed by atoms with E-state index in [0.29, 0.717) is 11.3 Å². The molecule has 8 nitrogen and oxygen atoms in total. The van der Waals surface area contributed by atoms with Crippen LogP contribution >= 0.6 is 0 Å². The van der Waals surface area contributed by atoms with Crippen molar-refractivity contribution in [1.82, 2.24) is 0 Å². The molecule has 0 aliphatic carbocycles. The highest BCUT2D eigenvalue weighted by Crippen LogP contribution is 2.24. The third-order valence-corrected chi connectivity index (χ3v) is 4.25. The van der Waals surface area contributed by atoms with Crippen LogP contribution in [0.5, 0.6) is 0 Å². The summed E-state index contributed by atoms with van der Waals surface area (Å²) in [7, 11) is 0. The average molecular weight is 475 g/mol. The summed E-state index contributed by atoms with van der Waals surface area (Å²) in [6.07, 6.45) is 0. The molecule has 35 heavy (non-hydrogen) atoms. The van der Waals surface area contributed by atoms with E-state index in [2.05, 4.69) is 13.2 Å². The Labute approximate surface area is 207 Å². The number of nitrogens with zero attached hydrogens (tertiary/aromatic N) is 4. The van der Waals surface area contributed by atoms with Gasteiger partial charge in [-0.05, 0) is 59.2 Å². The molecule has 0 heterocycles. The van der Waals surface area contributed by atoms with E-state index in [9.17, 15) is 14.9 Å². The summed E-state index contributed by atoms with van der Waals surface area (Å²) in [5, 5.41) is 27.6. The van der Waals surface area contributed by atoms with E-state index >= 15 is 0 Å². The molecule has 0 saturated carbocycles. The fourth-order valence-corrected chi connectivity index (χ4v) is 2.77. The van der Waals surface area contributed by atoms with Crippen LogP contribution in [-0.4, -0.2) is 36.2 Å². The van der Waals surface area contributed by atoms with Gasteiger partial charge in [-0.1, -0.05) is 25.3 Å². The first-order valence-corrected chi connectivity index (χ1v) is 10.7. The monoisotopic (exact) mass is 474 g/mol. The van der Waals surface area contributed by atoms with E-state index < -0.39 is 23.1 Å². The second-order valence-corrected chi connectivity index (χ2v) is 9.70. The van der Waals surface area contributed by atoms with Crippen LogP contribution in [-0.2, 0) is 19.1 Å². The maximum absolute atomic E-state index is 12.5. The van der Waals surface area contributed by atoms with Crippen molar-refractivity contribution >= 4 is 23.2 Å². The molecule has 182 valence electrons. The topological polar surface area (TPSA) is 127 Å². The van der Waals surface area contributed by atoms with Crippen LogP contribution < -0.4 is 4.90 Å². The van der Waals surface area contributed by atoms with Crippen molar-refractivity contribution in [3.63, 3.8) is 0 Å². The molecule has 0 aliphatic rings. The lowest BCUT2D eigenvalue weighted by Gasteiger charge is -2.28. The van der Waals surface area contributed by atoms with Gasteiger partial charge in [0.15, 0.2) is 0 Å². The number of hydrogen-bond acceptors (Lipinski definition) is 8. The third kappa shape index (κ3) is 9.20. The second kappa shape index (κ2) is 11.7. The normalized spacial score (nSPS) is 10.6. The summed E-state index contributed by atoms with van der Waals surface area (Å²) in [6.45, 7) is 18.2. The van der Waals surface area contributed by atoms with Crippen molar-refractivity contribution in [2.45, 2.75) is 52.7 Å². The Bertz CT molecular complexity index is 1100. The quantitative estimate of drug-likeness (QED) is 0.303. The van der Waals surface area contributed by atoms with Crippen LogP contribution in [0.15, 0.2) is 54.1 Å². The number of ether oxygens (including phenoxy) is 2. The van der Waals surface area contributed by atoms with E-state index in [1.165, 1.54) is 0 Å². The summed E-state index contributed by atoms with van der Waals surface area (Å²) in [5.74, 6) is -1.16. The van der Waals surface area contributed by atoms with Crippen LogP contribution in [0, 0.1) is 34.0 Å². The summed E-state index contributed by atoms with van der Waals surface area (Å²) in [4.78, 5) is 26.7. The lowest BCUT2D eigenvalue weighted by atomic mass is 10.0. The Morgan fingerprint density at radius 3 is 1.51 bits per heavy atom. The molecular formula is C27H30N4O4. The number of benzene rings is 1. The number of allylic oxidation sites excluding steroid dienone is 2. The number of anilines is 1. The van der Waals surface area contributed by atoms with Crippen LogP contribution in [0.25, 0.3) is 5.57 Å². The fraction of sp³-hybridized carbons (Fsp3) is 0.370. The van der Waals surface area contributed by atoms with E-state index in [4.69, 9.17) is 20.0 Å². The first kappa shape index (κ1) is 28.7. The maximum atomic E-state index is 12.5. The largest absolute Gasteiger partial charge is 0.457 e. The molecule has 0 fully saturated rings. The minimum atomic E-state index is -0.703. The summed E-state index contributed by atoms with van der Waals surface area (Å²) >= 11 is 0. The van der Waals surface area contributed by atoms with Crippen LogP contribution in [0.2, 0.25) is 0 Å². The van der Waals surface area contributed by atoms with E-state index in [1.807, 2.05) is 6.07 Å². The van der Waals surface area contributed by atoms with Gasteiger partial charge < -0.3 is 14.4 Å². The minimum absolute atomic E-state index is 0.0265. The van der Waals surface area contributed by atoms with Gasteiger partial charge in [0.25, 0.3) is 0 Å². The van der Waals surface area contributed by atoms with Gasteiger partial charge in [0, 0.05) is 29.9 Å². The average Bonchev–Trinajstić information content (AvgIpc) is 2.74. The first-order chi connectivity index (χ1) is 16.1. The van der Waals surface area contributed by atoms with Gasteiger partial charge in [0.1, 0.15) is 35.0 Å². The lowest BCUT2D eigenvalue weighted by molar-refractivity contribution is -0.150. The Morgan fingerprint density at radius 1 is 0.800 bits per heavy atom. The van der Waals surface area contributed by atoms with Gasteiger partial charge in [-0.25, -0.2) is 9.59 Å². The number of rotatable bonds is 8. The van der Waals surface area contributed by atoms with Crippen molar-refractivity contribution in [2.75, 3.05) is 18.0 Å². The molecule has 0 aromatic heterocycles. The number of hydrogen-bond donors (Lipinski definition) is 0. The predicted octanol–water partition coefficient (Wildman–Crippen LogP) is 4.61. The van der Waals surface area contributed by atoms with E-state index in [0.717, 1.165) is 0 Å². The number of carbonyl (C=O) groups excluding carboxylic acids is 2. The lowest BCUT2D eigenvalue weighted by Crippen LogP contribution is -2.35. The van der Waals surface area contributed by atoms with Crippen molar-refractivity contribution < 1.29 is 19.1 Å². The smallest absolute Gasteiger partial charge is 0.335 e. The molecule has 1 aromatic carbocycles. The molecule has 0 bridgehead atoms. The highest BCUT2D eigenvalue weighted by Gasteiger charge is 2.24. The standard InChI is InChI=1S/C27H30N4O4/c1-18(24(32)34-26(3,4)5)16-31(17-19(2)25(33)35-27(6,7)8)22-11-9-20(10-12-22)23(15-30)21(13-28)14-29/h9-12H,1-2,16-17H2,3-8H3. The summed E-state index contributed by atoms with van der Waals surface area (Å²) in [5.41, 5.74) is -0.470. The van der Waals surface area contributed by atoms with E-state index in [1.54, 1.807) is 82.8 Å². The number of nitriles is 3. The molecule has 0 radical (unpaired) electrons. The third-order valence-electron chi connectivity index (χ3n) is 4.25. The van der Waals surface area contributed by atoms with Crippen molar-refractivity contribution in [2.24, 2.45) is 0 Å². The Morgan fingerprint density at radius 2 is 1.20 bits per heavy atom. The first-order valence-electron chi connectivity index (χ1n) is 10.7. The molecule has 0 unspecified atom stereocenters. The molecule has 0 N–H and O–H groups in total. The van der Waals surface area contributed by atoms with Crippen molar-refractivity contribution in [3.8, 4) is 18.2 Å². The van der Waals surface area contributed by atoms with Crippen molar-refractivity contribution in [3.05, 3.63) is 59.7 Å². The summed E-state index contributed by atoms with van der Waals surface area (Å²) < 4.78 is 10.8. The van der Waals surface area contributed by atoms with Gasteiger partial charge in [0.05, 0.1) is 5.57 Å². The van der Waals surface area contributed by atoms with Crippen LogP contribution in [0.4, 0.5) is 5.69 Å². The molecule has 0 atom stereocenters. The van der Waals surface area contributed by atoms with Gasteiger partial charge in [-0.2, -0.15) is 15.8 Å². The van der Waals surface area contributed by atoms with Crippen LogP contribution in [0.1, 0.15) is 47.1 Å². The minimum Gasteiger partial charge on any atom is -0.457 e. The SMILES string of the molecule is C=C(CN(CC(=C)C(=O)OC(C)(C)C)c1ccc(C(C#N)=C(C#N)C#N)cc1)C(=O)OC(C)(C)C. The highest BCUT2D eigenvalue weighted by molar-refractivity contribution is 5.91. The molecular weight excluding hydrogens is 444 g/mol. The fourth-order valence-electron chi connectivity index (χ4n) is 2.77. The molecule has 0 saturated heterocycles. The van der Waals surface area contributed by atoms with Gasteiger partial charge in [0.2, 0.25) is 0 Å². The van der Waals surface area contributed by atoms with Crippen molar-refractivity contribution in [1.29, 1.82) is 15.8 Å². The molecule has 8 heteroatoms. The Hall–Kier alpha value is -4.35. The van der Waals surface area contributed by atoms with Gasteiger partial charge in [-0.3, -0.25) is 0 Å². The highest BCUT2D eigenvalue weighted by atomic mass is 16.6. The second-order valence-electron chi connectivity index (χ2n) is 9.70. The van der Waals surface area contributed by atoms with E-state index in [-0.39, 0.29) is 35.4 Å². The molecule has 1 aromatic rings. The van der Waals surface area contributed by atoms with Gasteiger partial charge in [-0.15, -0.1) is 0 Å². The predicted molar refractivity (Wildman–Crippen MR) is 132 cm³/mol. The van der Waals surface area contributed by atoms with Gasteiger partial charge >= 0.3 is 11.9 Å². The Balaban J connectivity index is 3.32.